The number of benzene rings is 3. The number of carboxylic acids is 1. The van der Waals surface area contributed by atoms with Gasteiger partial charge in [-0.05, 0) is 73.2 Å². The largest absolute Gasteiger partial charge is 0.497 e. The molecule has 7 nitrogen and oxygen atoms in total. The van der Waals surface area contributed by atoms with Crippen LogP contribution in [0.15, 0.2) is 59.1 Å². The zero-order chi connectivity index (χ0) is 27.2. The molecule has 3 aromatic rings. The van der Waals surface area contributed by atoms with Gasteiger partial charge >= 0.3 is 5.97 Å². The Bertz CT molecular complexity index is 1320. The molecule has 8 heteroatoms. The van der Waals surface area contributed by atoms with Crippen LogP contribution in [-0.4, -0.2) is 44.3 Å². The van der Waals surface area contributed by atoms with Crippen molar-refractivity contribution in [1.29, 1.82) is 0 Å². The van der Waals surface area contributed by atoms with E-state index in [4.69, 9.17) is 9.47 Å². The molecule has 38 heavy (non-hydrogen) atoms. The predicted molar refractivity (Wildman–Crippen MR) is 152 cm³/mol. The lowest BCUT2D eigenvalue weighted by atomic mass is 9.91. The highest BCUT2D eigenvalue weighted by Crippen LogP contribution is 2.36. The minimum Gasteiger partial charge on any atom is -0.497 e. The molecule has 0 bridgehead atoms. The molecule has 1 heterocycles. The summed E-state index contributed by atoms with van der Waals surface area (Å²) < 4.78 is 11.3. The number of amides is 1. The Morgan fingerprint density at radius 1 is 1.03 bits per heavy atom. The Kier molecular flexibility index (Phi) is 8.94. The summed E-state index contributed by atoms with van der Waals surface area (Å²) in [7, 11) is 3.05. The average Bonchev–Trinajstić information content (AvgIpc) is 2.93. The number of carbonyl (C=O) groups is 2. The number of aryl methyl sites for hydroxylation is 1. The van der Waals surface area contributed by atoms with E-state index in [2.05, 4.69) is 51.3 Å². The number of anilines is 1. The molecule has 0 spiro atoms. The molecule has 3 aromatic carbocycles. The number of methoxy groups -OCH3 is 2. The van der Waals surface area contributed by atoms with E-state index in [0.717, 1.165) is 48.3 Å². The van der Waals surface area contributed by atoms with Gasteiger partial charge in [0.2, 0.25) is 5.91 Å². The van der Waals surface area contributed by atoms with Gasteiger partial charge in [0.1, 0.15) is 17.1 Å². The first kappa shape index (κ1) is 27.5. The van der Waals surface area contributed by atoms with Crippen molar-refractivity contribution in [2.75, 3.05) is 32.2 Å². The van der Waals surface area contributed by atoms with Crippen LogP contribution in [0.5, 0.6) is 11.5 Å². The van der Waals surface area contributed by atoms with Gasteiger partial charge in [-0.25, -0.2) is 4.79 Å². The summed E-state index contributed by atoms with van der Waals surface area (Å²) in [4.78, 5) is 27.6. The third-order valence-corrected chi connectivity index (χ3v) is 7.71. The van der Waals surface area contributed by atoms with Crippen LogP contribution in [0.4, 0.5) is 5.69 Å². The van der Waals surface area contributed by atoms with Crippen LogP contribution in [0.25, 0.3) is 0 Å². The van der Waals surface area contributed by atoms with E-state index in [1.165, 1.54) is 19.6 Å². The van der Waals surface area contributed by atoms with Gasteiger partial charge in [0.25, 0.3) is 0 Å². The van der Waals surface area contributed by atoms with Crippen LogP contribution in [-0.2, 0) is 11.2 Å². The van der Waals surface area contributed by atoms with Gasteiger partial charge in [-0.2, -0.15) is 0 Å². The molecule has 1 fully saturated rings. The molecule has 1 unspecified atom stereocenters. The van der Waals surface area contributed by atoms with E-state index < -0.39 is 12.0 Å². The zero-order valence-electron chi connectivity index (χ0n) is 21.9. The molecule has 1 aliphatic heterocycles. The minimum absolute atomic E-state index is 0.0314. The Morgan fingerprint density at radius 2 is 1.76 bits per heavy atom. The molecule has 1 saturated heterocycles. The van der Waals surface area contributed by atoms with Crippen LogP contribution in [0.3, 0.4) is 0 Å². The monoisotopic (exact) mass is 580 g/mol. The first-order valence-corrected chi connectivity index (χ1v) is 13.5. The van der Waals surface area contributed by atoms with Crippen molar-refractivity contribution in [1.82, 2.24) is 5.32 Å². The molecule has 0 radical (unpaired) electrons. The molecule has 4 rings (SSSR count). The minimum atomic E-state index is -1.10. The Labute approximate surface area is 231 Å². The molecule has 2 N–H and O–H groups in total. The number of halogens is 1. The molecule has 0 aliphatic carbocycles. The van der Waals surface area contributed by atoms with Gasteiger partial charge < -0.3 is 24.8 Å². The van der Waals surface area contributed by atoms with Gasteiger partial charge in [0, 0.05) is 28.8 Å². The summed E-state index contributed by atoms with van der Waals surface area (Å²) in [5.41, 5.74) is 4.87. The normalized spacial score (nSPS) is 14.1. The average molecular weight is 582 g/mol. The van der Waals surface area contributed by atoms with Crippen molar-refractivity contribution >= 4 is 33.5 Å². The maximum Gasteiger partial charge on any atom is 0.339 e. The summed E-state index contributed by atoms with van der Waals surface area (Å²) in [6, 6.07) is 16.7. The van der Waals surface area contributed by atoms with E-state index in [1.54, 1.807) is 13.2 Å². The van der Waals surface area contributed by atoms with E-state index in [-0.39, 0.29) is 23.6 Å². The van der Waals surface area contributed by atoms with E-state index in [1.807, 2.05) is 24.3 Å². The standard InChI is InChI=1S/C30H33BrN2O5/c1-19-9-7-12-25(33-13-5-4-6-14-33)28(19)29(20-10-8-11-22(15-20)37-2)32-27(34)17-21-16-26(38-3)23(30(35)36)18-24(21)31/h7-12,15-16,18,29H,4-6,13-14,17H2,1-3H3,(H,32,34)(H,35,36). The van der Waals surface area contributed by atoms with Gasteiger partial charge in [-0.3, -0.25) is 4.79 Å². The molecule has 200 valence electrons. The van der Waals surface area contributed by atoms with Crippen molar-refractivity contribution < 1.29 is 24.2 Å². The van der Waals surface area contributed by atoms with E-state index in [0.29, 0.717) is 15.8 Å². The van der Waals surface area contributed by atoms with Crippen molar-refractivity contribution in [2.24, 2.45) is 0 Å². The topological polar surface area (TPSA) is 88.1 Å². The van der Waals surface area contributed by atoms with Crippen molar-refractivity contribution in [2.45, 2.75) is 38.6 Å². The fourth-order valence-electron chi connectivity index (χ4n) is 5.05. The number of carboxylic acid groups (broad SMARTS) is 1. The highest BCUT2D eigenvalue weighted by Gasteiger charge is 2.26. The number of carbonyl (C=O) groups excluding carboxylic acids is 1. The first-order chi connectivity index (χ1) is 18.3. The number of hydrogen-bond acceptors (Lipinski definition) is 5. The lowest BCUT2D eigenvalue weighted by Gasteiger charge is -2.34. The number of nitrogens with one attached hydrogen (secondary N) is 1. The van der Waals surface area contributed by atoms with Crippen LogP contribution in [0.1, 0.15) is 57.9 Å². The van der Waals surface area contributed by atoms with Gasteiger partial charge in [0.05, 0.1) is 26.7 Å². The number of aromatic carboxylic acids is 1. The molecular weight excluding hydrogens is 548 g/mol. The summed E-state index contributed by atoms with van der Waals surface area (Å²) in [6.07, 6.45) is 3.56. The highest BCUT2D eigenvalue weighted by atomic mass is 79.9. The Hall–Kier alpha value is -3.52. The van der Waals surface area contributed by atoms with E-state index in [9.17, 15) is 14.7 Å². The van der Waals surface area contributed by atoms with Crippen LogP contribution in [0, 0.1) is 6.92 Å². The molecular formula is C30H33BrN2O5. The highest BCUT2D eigenvalue weighted by molar-refractivity contribution is 9.10. The number of rotatable bonds is 9. The second kappa shape index (κ2) is 12.3. The molecule has 1 amide bonds. The van der Waals surface area contributed by atoms with Crippen molar-refractivity contribution in [3.63, 3.8) is 0 Å². The van der Waals surface area contributed by atoms with Crippen LogP contribution >= 0.6 is 15.9 Å². The van der Waals surface area contributed by atoms with Crippen molar-refractivity contribution in [3.8, 4) is 11.5 Å². The molecule has 0 aromatic heterocycles. The van der Waals surface area contributed by atoms with Gasteiger partial charge in [-0.1, -0.05) is 40.2 Å². The lowest BCUT2D eigenvalue weighted by molar-refractivity contribution is -0.120. The maximum atomic E-state index is 13.6. The van der Waals surface area contributed by atoms with Gasteiger partial charge in [-0.15, -0.1) is 0 Å². The number of nitrogens with zero attached hydrogens (tertiary/aromatic N) is 1. The third-order valence-electron chi connectivity index (χ3n) is 6.97. The fraction of sp³-hybridized carbons (Fsp3) is 0.333. The van der Waals surface area contributed by atoms with Gasteiger partial charge in [0.15, 0.2) is 0 Å². The van der Waals surface area contributed by atoms with Crippen LogP contribution < -0.4 is 19.7 Å². The molecule has 1 atom stereocenters. The Morgan fingerprint density at radius 3 is 2.45 bits per heavy atom. The maximum absolute atomic E-state index is 13.6. The van der Waals surface area contributed by atoms with Crippen LogP contribution in [0.2, 0.25) is 0 Å². The smallest absolute Gasteiger partial charge is 0.339 e. The Balaban J connectivity index is 1.72. The second-order valence-electron chi connectivity index (χ2n) is 9.46. The third kappa shape index (κ3) is 6.13. The zero-order valence-corrected chi connectivity index (χ0v) is 23.5. The number of hydrogen-bond donors (Lipinski definition) is 2. The summed E-state index contributed by atoms with van der Waals surface area (Å²) in [5.74, 6) is -0.372. The lowest BCUT2D eigenvalue weighted by Crippen LogP contribution is -2.35. The molecule has 1 aliphatic rings. The SMILES string of the molecule is COc1cccc(C(NC(=O)Cc2cc(OC)c(C(=O)O)cc2Br)c2c(C)cccc2N2CCCCC2)c1. The quantitative estimate of drug-likeness (QED) is 0.327. The summed E-state index contributed by atoms with van der Waals surface area (Å²) in [5, 5.41) is 12.7. The second-order valence-corrected chi connectivity index (χ2v) is 10.3. The van der Waals surface area contributed by atoms with E-state index >= 15 is 0 Å². The molecule has 0 saturated carbocycles. The summed E-state index contributed by atoms with van der Waals surface area (Å²) >= 11 is 3.44. The summed E-state index contributed by atoms with van der Waals surface area (Å²) in [6.45, 7) is 4.05. The van der Waals surface area contributed by atoms with Crippen molar-refractivity contribution in [3.05, 3.63) is 86.9 Å². The number of ether oxygens (including phenoxy) is 2. The predicted octanol–water partition coefficient (Wildman–Crippen LogP) is 5.91. The first-order valence-electron chi connectivity index (χ1n) is 12.7. The fourth-order valence-corrected chi connectivity index (χ4v) is 5.53. The number of piperidine rings is 1.